The monoisotopic (exact) mass is 247 g/mol. The van der Waals surface area contributed by atoms with Crippen LogP contribution >= 0.6 is 11.8 Å². The third kappa shape index (κ3) is 2.24. The molecule has 1 aliphatic heterocycles. The lowest BCUT2D eigenvalue weighted by Crippen LogP contribution is -2.30. The van der Waals surface area contributed by atoms with Crippen molar-refractivity contribution in [1.29, 1.82) is 0 Å². The number of thioether (sulfide) groups is 1. The van der Waals surface area contributed by atoms with Crippen molar-refractivity contribution in [1.82, 2.24) is 10.2 Å². The fourth-order valence-corrected chi connectivity index (χ4v) is 2.26. The normalized spacial score (nSPS) is 15.5. The van der Waals surface area contributed by atoms with Gasteiger partial charge in [0.2, 0.25) is 0 Å². The van der Waals surface area contributed by atoms with Crippen LogP contribution in [-0.4, -0.2) is 27.8 Å². The smallest absolute Gasteiger partial charge is 0.145 e. The van der Waals surface area contributed by atoms with Gasteiger partial charge in [-0.1, -0.05) is 12.1 Å². The van der Waals surface area contributed by atoms with Gasteiger partial charge in [-0.3, -0.25) is 5.10 Å². The van der Waals surface area contributed by atoms with Gasteiger partial charge in [0, 0.05) is 23.1 Å². The van der Waals surface area contributed by atoms with Gasteiger partial charge in [-0.15, -0.1) is 0 Å². The van der Waals surface area contributed by atoms with Crippen LogP contribution in [0.5, 0.6) is 5.75 Å². The molecule has 4 nitrogen and oxygen atoms in total. The van der Waals surface area contributed by atoms with E-state index in [4.69, 9.17) is 10.5 Å². The van der Waals surface area contributed by atoms with Gasteiger partial charge in [0.1, 0.15) is 17.7 Å². The van der Waals surface area contributed by atoms with Gasteiger partial charge in [0.05, 0.1) is 5.69 Å². The highest BCUT2D eigenvalue weighted by molar-refractivity contribution is 8.00. The number of nitrogens with two attached hydrogens (primary N) is 1. The first kappa shape index (κ1) is 10.5. The Bertz CT molecular complexity index is 522. The summed E-state index contributed by atoms with van der Waals surface area (Å²) in [6.45, 7) is 0. The second-order valence-electron chi connectivity index (χ2n) is 4.01. The highest BCUT2D eigenvalue weighted by atomic mass is 32.2. The Morgan fingerprint density at radius 3 is 2.88 bits per heavy atom. The largest absolute Gasteiger partial charge is 0.489 e. The van der Waals surface area contributed by atoms with Gasteiger partial charge in [-0.05, 0) is 12.1 Å². The number of aromatic nitrogens is 2. The predicted octanol–water partition coefficient (Wildman–Crippen LogP) is 2.15. The summed E-state index contributed by atoms with van der Waals surface area (Å²) in [6, 6.07) is 9.79. The molecule has 1 aromatic heterocycles. The van der Waals surface area contributed by atoms with Gasteiger partial charge in [0.25, 0.3) is 0 Å². The lowest BCUT2D eigenvalue weighted by Gasteiger charge is -2.25. The molecule has 3 rings (SSSR count). The zero-order chi connectivity index (χ0) is 11.7. The third-order valence-electron chi connectivity index (χ3n) is 2.65. The third-order valence-corrected chi connectivity index (χ3v) is 3.87. The van der Waals surface area contributed by atoms with E-state index in [1.54, 1.807) is 0 Å². The van der Waals surface area contributed by atoms with Crippen molar-refractivity contribution in [2.45, 2.75) is 6.10 Å². The number of nitrogens with zero attached hydrogens (tertiary/aromatic N) is 1. The topological polar surface area (TPSA) is 63.9 Å². The number of ether oxygens (including phenoxy) is 1. The minimum Gasteiger partial charge on any atom is -0.489 e. The standard InChI is InChI=1S/C12H13N3OS/c13-12-5-11(14-15-12)8-2-1-3-9(4-8)16-10-6-17-7-10/h1-5,10H,6-7H2,(H3,13,14,15). The first-order valence-corrected chi connectivity index (χ1v) is 6.62. The molecule has 0 spiro atoms. The molecule has 3 N–H and O–H groups in total. The first-order chi connectivity index (χ1) is 8.31. The number of hydrogen-bond acceptors (Lipinski definition) is 4. The SMILES string of the molecule is Nc1cc(-c2cccc(OC3CSC3)c2)[nH]n1. The number of nitrogen functional groups attached to an aromatic ring is 1. The summed E-state index contributed by atoms with van der Waals surface area (Å²) in [5, 5.41) is 6.82. The Morgan fingerprint density at radius 2 is 2.24 bits per heavy atom. The quantitative estimate of drug-likeness (QED) is 0.872. The van der Waals surface area contributed by atoms with Gasteiger partial charge in [-0.25, -0.2) is 0 Å². The number of aromatic amines is 1. The van der Waals surface area contributed by atoms with Crippen LogP contribution in [-0.2, 0) is 0 Å². The Balaban J connectivity index is 1.82. The van der Waals surface area contributed by atoms with E-state index in [0.29, 0.717) is 11.9 Å². The van der Waals surface area contributed by atoms with Gasteiger partial charge in [-0.2, -0.15) is 16.9 Å². The van der Waals surface area contributed by atoms with Crippen LogP contribution in [0.2, 0.25) is 0 Å². The lowest BCUT2D eigenvalue weighted by molar-refractivity contribution is 0.240. The average molecular weight is 247 g/mol. The van der Waals surface area contributed by atoms with E-state index >= 15 is 0 Å². The molecule has 0 unspecified atom stereocenters. The zero-order valence-electron chi connectivity index (χ0n) is 9.22. The van der Waals surface area contributed by atoms with Crippen molar-refractivity contribution >= 4 is 17.6 Å². The van der Waals surface area contributed by atoms with Crippen LogP contribution < -0.4 is 10.5 Å². The van der Waals surface area contributed by atoms with E-state index in [-0.39, 0.29) is 0 Å². The number of nitrogens with one attached hydrogen (secondary N) is 1. The number of H-pyrrole nitrogens is 1. The van der Waals surface area contributed by atoms with Crippen molar-refractivity contribution in [3.63, 3.8) is 0 Å². The number of anilines is 1. The maximum atomic E-state index is 5.83. The molecule has 2 aromatic rings. The predicted molar refractivity (Wildman–Crippen MR) is 70.2 cm³/mol. The average Bonchev–Trinajstić information content (AvgIpc) is 2.71. The molecule has 0 bridgehead atoms. The van der Waals surface area contributed by atoms with Crippen molar-refractivity contribution in [3.05, 3.63) is 30.3 Å². The molecule has 0 saturated carbocycles. The van der Waals surface area contributed by atoms with Crippen LogP contribution in [0.3, 0.4) is 0 Å². The van der Waals surface area contributed by atoms with E-state index in [1.165, 1.54) is 0 Å². The summed E-state index contributed by atoms with van der Waals surface area (Å²) in [5.41, 5.74) is 7.54. The fraction of sp³-hybridized carbons (Fsp3) is 0.250. The summed E-state index contributed by atoms with van der Waals surface area (Å²) < 4.78 is 5.83. The molecule has 0 radical (unpaired) electrons. The second kappa shape index (κ2) is 4.33. The van der Waals surface area contributed by atoms with Crippen LogP contribution in [0.15, 0.2) is 30.3 Å². The minimum absolute atomic E-state index is 0.363. The van der Waals surface area contributed by atoms with Crippen molar-refractivity contribution < 1.29 is 4.74 Å². The van der Waals surface area contributed by atoms with Gasteiger partial charge < -0.3 is 10.5 Å². The first-order valence-electron chi connectivity index (χ1n) is 5.47. The fourth-order valence-electron chi connectivity index (χ4n) is 1.70. The lowest BCUT2D eigenvalue weighted by atomic mass is 10.1. The molecule has 1 aliphatic rings. The molecule has 2 heterocycles. The maximum absolute atomic E-state index is 5.83. The van der Waals surface area contributed by atoms with Crippen LogP contribution in [0, 0.1) is 0 Å². The Kier molecular flexibility index (Phi) is 2.68. The summed E-state index contributed by atoms with van der Waals surface area (Å²) in [7, 11) is 0. The van der Waals surface area contributed by atoms with Crippen molar-refractivity contribution in [2.75, 3.05) is 17.2 Å². The van der Waals surface area contributed by atoms with E-state index in [1.807, 2.05) is 42.1 Å². The van der Waals surface area contributed by atoms with Crippen molar-refractivity contribution in [2.24, 2.45) is 0 Å². The second-order valence-corrected chi connectivity index (χ2v) is 5.09. The number of benzene rings is 1. The van der Waals surface area contributed by atoms with Gasteiger partial charge in [0.15, 0.2) is 0 Å². The summed E-state index contributed by atoms with van der Waals surface area (Å²) in [5.74, 6) is 3.57. The molecule has 0 atom stereocenters. The Labute approximate surface area is 104 Å². The highest BCUT2D eigenvalue weighted by Gasteiger charge is 2.19. The highest BCUT2D eigenvalue weighted by Crippen LogP contribution is 2.27. The van der Waals surface area contributed by atoms with Crippen LogP contribution in [0.4, 0.5) is 5.82 Å². The van der Waals surface area contributed by atoms with E-state index in [0.717, 1.165) is 28.5 Å². The van der Waals surface area contributed by atoms with E-state index in [2.05, 4.69) is 10.2 Å². The summed E-state index contributed by atoms with van der Waals surface area (Å²) >= 11 is 1.91. The van der Waals surface area contributed by atoms with Crippen LogP contribution in [0.1, 0.15) is 0 Å². The molecule has 5 heteroatoms. The van der Waals surface area contributed by atoms with Gasteiger partial charge >= 0.3 is 0 Å². The number of rotatable bonds is 3. The zero-order valence-corrected chi connectivity index (χ0v) is 10.0. The molecule has 0 amide bonds. The molecular weight excluding hydrogens is 234 g/mol. The summed E-state index contributed by atoms with van der Waals surface area (Å²) in [4.78, 5) is 0. The molecule has 88 valence electrons. The molecule has 0 aliphatic carbocycles. The molecule has 17 heavy (non-hydrogen) atoms. The number of hydrogen-bond donors (Lipinski definition) is 2. The Morgan fingerprint density at radius 1 is 1.35 bits per heavy atom. The van der Waals surface area contributed by atoms with Crippen LogP contribution in [0.25, 0.3) is 11.3 Å². The van der Waals surface area contributed by atoms with E-state index in [9.17, 15) is 0 Å². The molecule has 1 fully saturated rings. The molecule has 1 aromatic carbocycles. The Hall–Kier alpha value is -1.62. The van der Waals surface area contributed by atoms with E-state index < -0.39 is 0 Å². The molecule has 1 saturated heterocycles. The molecular formula is C12H13N3OS. The summed E-state index contributed by atoms with van der Waals surface area (Å²) in [6.07, 6.45) is 0.363. The maximum Gasteiger partial charge on any atom is 0.145 e. The van der Waals surface area contributed by atoms with Crippen molar-refractivity contribution in [3.8, 4) is 17.0 Å². The minimum atomic E-state index is 0.363.